The summed E-state index contributed by atoms with van der Waals surface area (Å²) in [6.07, 6.45) is 0. The van der Waals surface area contributed by atoms with Gasteiger partial charge in [0, 0.05) is 10.2 Å². The summed E-state index contributed by atoms with van der Waals surface area (Å²) in [5.74, 6) is -1.00. The average molecular weight is 262 g/mol. The van der Waals surface area contributed by atoms with Crippen molar-refractivity contribution in [3.8, 4) is 0 Å². The molecule has 0 aliphatic rings. The van der Waals surface area contributed by atoms with Crippen molar-refractivity contribution in [3.63, 3.8) is 0 Å². The van der Waals surface area contributed by atoms with E-state index in [2.05, 4.69) is 33.9 Å². The third-order valence-electron chi connectivity index (χ3n) is 1.40. The number of carbonyl (C=O) groups is 1. The Bertz CT molecular complexity index is 319. The number of nitrogens with one attached hydrogen (secondary N) is 1. The van der Waals surface area contributed by atoms with E-state index in [0.29, 0.717) is 5.69 Å². The molecule has 5 heteroatoms. The Morgan fingerprint density at radius 2 is 2.15 bits per heavy atom. The largest absolute Gasteiger partial charge is 0.479 e. The molecule has 0 fully saturated rings. The van der Waals surface area contributed by atoms with Crippen LogP contribution in [0.4, 0.5) is 5.69 Å². The smallest absolute Gasteiger partial charge is 0.336 e. The predicted molar refractivity (Wildman–Crippen MR) is 58.2 cm³/mol. The van der Waals surface area contributed by atoms with Crippen LogP contribution in [0.1, 0.15) is 0 Å². The molecule has 2 N–H and O–H groups in total. The molecular weight excluding hydrogens is 254 g/mol. The Labute approximate surface area is 89.7 Å². The summed E-state index contributed by atoms with van der Waals surface area (Å²) in [6, 6.07) is 7.26. The minimum atomic E-state index is -1.00. The third-order valence-corrected chi connectivity index (χ3v) is 2.44. The van der Waals surface area contributed by atoms with E-state index in [0.717, 1.165) is 4.47 Å². The lowest BCUT2D eigenvalue weighted by molar-refractivity contribution is -0.135. The van der Waals surface area contributed by atoms with Gasteiger partial charge in [-0.3, -0.25) is 0 Å². The molecular formula is C8H8BrNO2S. The molecule has 70 valence electrons. The van der Waals surface area contributed by atoms with Crippen molar-refractivity contribution in [1.82, 2.24) is 0 Å². The highest BCUT2D eigenvalue weighted by Crippen LogP contribution is 2.22. The fraction of sp³-hybridized carbons (Fsp3) is 0.125. The Hall–Kier alpha value is -0.680. The first-order valence-electron chi connectivity index (χ1n) is 3.53. The van der Waals surface area contributed by atoms with Crippen molar-refractivity contribution < 1.29 is 9.90 Å². The monoisotopic (exact) mass is 261 g/mol. The topological polar surface area (TPSA) is 49.3 Å². The zero-order chi connectivity index (χ0) is 9.84. The van der Waals surface area contributed by atoms with Gasteiger partial charge in [0.2, 0.25) is 0 Å². The van der Waals surface area contributed by atoms with Gasteiger partial charge in [0.25, 0.3) is 0 Å². The number of hydrogen-bond donors (Lipinski definition) is 3. The highest BCUT2D eigenvalue weighted by molar-refractivity contribution is 9.10. The number of hydrogen-bond acceptors (Lipinski definition) is 3. The van der Waals surface area contributed by atoms with Crippen molar-refractivity contribution in [2.45, 2.75) is 5.37 Å². The summed E-state index contributed by atoms with van der Waals surface area (Å²) in [5, 5.41) is 10.4. The maximum absolute atomic E-state index is 10.5. The second-order valence-electron chi connectivity index (χ2n) is 2.36. The van der Waals surface area contributed by atoms with Crippen LogP contribution in [0.5, 0.6) is 0 Å². The molecule has 0 aliphatic carbocycles. The molecule has 13 heavy (non-hydrogen) atoms. The number of para-hydroxylation sites is 1. The van der Waals surface area contributed by atoms with E-state index < -0.39 is 11.3 Å². The van der Waals surface area contributed by atoms with Crippen LogP contribution in [-0.2, 0) is 4.79 Å². The second-order valence-corrected chi connectivity index (χ2v) is 3.74. The van der Waals surface area contributed by atoms with Crippen LogP contribution in [0.25, 0.3) is 0 Å². The highest BCUT2D eigenvalue weighted by atomic mass is 79.9. The first kappa shape index (κ1) is 10.4. The molecule has 3 nitrogen and oxygen atoms in total. The zero-order valence-electron chi connectivity index (χ0n) is 6.57. The predicted octanol–water partition coefficient (Wildman–Crippen LogP) is 2.20. The summed E-state index contributed by atoms with van der Waals surface area (Å²) < 4.78 is 0.815. The summed E-state index contributed by atoms with van der Waals surface area (Å²) >= 11 is 7.14. The standard InChI is InChI=1S/C8H8BrNO2S/c9-5-3-1-2-4-6(5)10-7(13)8(11)12/h1-4,7,10,13H,(H,11,12). The van der Waals surface area contributed by atoms with E-state index in [1.165, 1.54) is 0 Å². The van der Waals surface area contributed by atoms with Crippen LogP contribution in [0.2, 0.25) is 0 Å². The van der Waals surface area contributed by atoms with Gasteiger partial charge >= 0.3 is 5.97 Å². The number of rotatable bonds is 3. The van der Waals surface area contributed by atoms with Crippen molar-refractivity contribution in [3.05, 3.63) is 28.7 Å². The van der Waals surface area contributed by atoms with Crippen LogP contribution in [0.15, 0.2) is 28.7 Å². The number of anilines is 1. The van der Waals surface area contributed by atoms with Crippen molar-refractivity contribution in [2.24, 2.45) is 0 Å². The van der Waals surface area contributed by atoms with Gasteiger partial charge in [0.05, 0.1) is 0 Å². The Balaban J connectivity index is 2.74. The molecule has 1 atom stereocenters. The highest BCUT2D eigenvalue weighted by Gasteiger charge is 2.11. The summed E-state index contributed by atoms with van der Waals surface area (Å²) in [4.78, 5) is 10.5. The molecule has 0 saturated carbocycles. The van der Waals surface area contributed by atoms with E-state index in [-0.39, 0.29) is 0 Å². The van der Waals surface area contributed by atoms with Crippen molar-refractivity contribution >= 4 is 40.2 Å². The molecule has 0 aromatic heterocycles. The molecule has 1 rings (SSSR count). The van der Waals surface area contributed by atoms with Crippen LogP contribution in [0, 0.1) is 0 Å². The molecule has 0 radical (unpaired) electrons. The van der Waals surface area contributed by atoms with Gasteiger partial charge in [-0.25, -0.2) is 4.79 Å². The number of aliphatic carboxylic acids is 1. The molecule has 0 spiro atoms. The lowest BCUT2D eigenvalue weighted by Crippen LogP contribution is -2.23. The van der Waals surface area contributed by atoms with Crippen molar-refractivity contribution in [1.29, 1.82) is 0 Å². The quantitative estimate of drug-likeness (QED) is 0.578. The zero-order valence-corrected chi connectivity index (χ0v) is 9.05. The molecule has 0 aliphatic heterocycles. The second kappa shape index (κ2) is 4.53. The first-order valence-corrected chi connectivity index (χ1v) is 4.84. The molecule has 0 amide bonds. The minimum Gasteiger partial charge on any atom is -0.479 e. The van der Waals surface area contributed by atoms with E-state index in [1.807, 2.05) is 18.2 Å². The SMILES string of the molecule is O=C(O)C(S)Nc1ccccc1Br. The summed E-state index contributed by atoms with van der Waals surface area (Å²) in [5.41, 5.74) is 0.713. The number of carboxylic acids is 1. The summed E-state index contributed by atoms with van der Waals surface area (Å²) in [6.45, 7) is 0. The molecule has 1 aromatic rings. The molecule has 0 heterocycles. The van der Waals surface area contributed by atoms with E-state index in [1.54, 1.807) is 6.07 Å². The minimum absolute atomic E-state index is 0.713. The van der Waals surface area contributed by atoms with E-state index in [9.17, 15) is 4.79 Å². The van der Waals surface area contributed by atoms with Gasteiger partial charge in [0.1, 0.15) is 0 Å². The maximum Gasteiger partial charge on any atom is 0.336 e. The number of halogens is 1. The molecule has 1 aromatic carbocycles. The summed E-state index contributed by atoms with van der Waals surface area (Å²) in [7, 11) is 0. The Morgan fingerprint density at radius 3 is 2.69 bits per heavy atom. The van der Waals surface area contributed by atoms with Crippen LogP contribution in [-0.4, -0.2) is 16.4 Å². The average Bonchev–Trinajstić information content (AvgIpc) is 2.08. The number of benzene rings is 1. The fourth-order valence-corrected chi connectivity index (χ4v) is 1.33. The van der Waals surface area contributed by atoms with Gasteiger partial charge < -0.3 is 10.4 Å². The Kier molecular flexibility index (Phi) is 3.62. The third kappa shape index (κ3) is 2.93. The van der Waals surface area contributed by atoms with Crippen LogP contribution < -0.4 is 5.32 Å². The number of thiol groups is 1. The van der Waals surface area contributed by atoms with E-state index in [4.69, 9.17) is 5.11 Å². The first-order chi connectivity index (χ1) is 6.11. The number of carboxylic acid groups (broad SMARTS) is 1. The van der Waals surface area contributed by atoms with Gasteiger partial charge in [-0.2, -0.15) is 0 Å². The van der Waals surface area contributed by atoms with Crippen LogP contribution >= 0.6 is 28.6 Å². The lowest BCUT2D eigenvalue weighted by Gasteiger charge is -2.10. The fourth-order valence-electron chi connectivity index (χ4n) is 0.787. The normalized spacial score (nSPS) is 12.2. The van der Waals surface area contributed by atoms with E-state index >= 15 is 0 Å². The maximum atomic E-state index is 10.5. The lowest BCUT2D eigenvalue weighted by atomic mass is 10.3. The van der Waals surface area contributed by atoms with Gasteiger partial charge in [-0.15, -0.1) is 12.6 Å². The van der Waals surface area contributed by atoms with Gasteiger partial charge in [-0.1, -0.05) is 12.1 Å². The molecule has 0 bridgehead atoms. The Morgan fingerprint density at radius 1 is 1.54 bits per heavy atom. The molecule has 0 saturated heterocycles. The van der Waals surface area contributed by atoms with Gasteiger partial charge in [-0.05, 0) is 28.1 Å². The van der Waals surface area contributed by atoms with Gasteiger partial charge in [0.15, 0.2) is 5.37 Å². The van der Waals surface area contributed by atoms with Crippen LogP contribution in [0.3, 0.4) is 0 Å². The van der Waals surface area contributed by atoms with Crippen molar-refractivity contribution in [2.75, 3.05) is 5.32 Å². The molecule has 1 unspecified atom stereocenters.